The Bertz CT molecular complexity index is 4180. The molecule has 12 aromatic carbocycles. The van der Waals surface area contributed by atoms with Crippen molar-refractivity contribution in [1.82, 2.24) is 0 Å². The average molecular weight is 859 g/mol. The van der Waals surface area contributed by atoms with Crippen molar-refractivity contribution >= 4 is 117 Å². The summed E-state index contributed by atoms with van der Waals surface area (Å²) in [4.78, 5) is 0. The summed E-state index contributed by atoms with van der Waals surface area (Å²) in [6.07, 6.45) is 0. The summed E-state index contributed by atoms with van der Waals surface area (Å²) >= 11 is 3.88. The molecule has 0 N–H and O–H groups in total. The largest absolute Gasteiger partial charge is 0.135 e. The summed E-state index contributed by atoms with van der Waals surface area (Å²) < 4.78 is 5.30. The van der Waals surface area contributed by atoms with Gasteiger partial charge in [0.1, 0.15) is 0 Å². The lowest BCUT2D eigenvalue weighted by Gasteiger charge is -2.21. The first-order valence-electron chi connectivity index (χ1n) is 22.4. The van der Waals surface area contributed by atoms with Crippen LogP contribution < -0.4 is 0 Å². The molecule has 0 spiro atoms. The molecule has 0 nitrogen and oxygen atoms in total. The van der Waals surface area contributed by atoms with Gasteiger partial charge >= 0.3 is 0 Å². The molecular weight excluding hydrogens is 821 g/mol. The van der Waals surface area contributed by atoms with Crippen molar-refractivity contribution in [3.8, 4) is 44.5 Å². The first kappa shape index (κ1) is 36.8. The summed E-state index contributed by atoms with van der Waals surface area (Å²) in [5.41, 5.74) is 11.6. The molecule has 2 heterocycles. The lowest BCUT2D eigenvalue weighted by atomic mass is 9.83. The van der Waals surface area contributed by atoms with E-state index >= 15 is 0 Å². The highest BCUT2D eigenvalue weighted by Gasteiger charge is 2.26. The van der Waals surface area contributed by atoms with Crippen LogP contribution >= 0.6 is 22.7 Å². The van der Waals surface area contributed by atoms with E-state index in [1.54, 1.807) is 0 Å². The molecule has 0 fully saturated rings. The molecule has 2 aromatic heterocycles. The molecular formula is C63H38S2. The zero-order chi connectivity index (χ0) is 42.8. The smallest absolute Gasteiger partial charge is 0.0440 e. The minimum absolute atomic E-state index is 1.24. The summed E-state index contributed by atoms with van der Waals surface area (Å²) in [5, 5.41) is 18.1. The van der Waals surface area contributed by atoms with Gasteiger partial charge in [-0.2, -0.15) is 0 Å². The van der Waals surface area contributed by atoms with Crippen molar-refractivity contribution in [2.45, 2.75) is 6.92 Å². The molecule has 0 unspecified atom stereocenters. The molecule has 0 radical (unpaired) electrons. The topological polar surface area (TPSA) is 0 Å². The maximum Gasteiger partial charge on any atom is 0.0440 e. The summed E-state index contributed by atoms with van der Waals surface area (Å²) in [6.45, 7) is 2.24. The van der Waals surface area contributed by atoms with E-state index in [9.17, 15) is 0 Å². The minimum atomic E-state index is 1.24. The van der Waals surface area contributed by atoms with Crippen LogP contribution in [0.15, 0.2) is 212 Å². The van der Waals surface area contributed by atoms with E-state index in [2.05, 4.69) is 219 Å². The van der Waals surface area contributed by atoms with Gasteiger partial charge in [-0.1, -0.05) is 188 Å². The first-order chi connectivity index (χ1) is 32.2. The van der Waals surface area contributed by atoms with E-state index in [1.807, 2.05) is 22.7 Å². The standard InChI is InChI=1S/C63H38S2/c1-37-19-5-6-22-40(37)57-45-27-11-13-29-47(45)59(48-30-14-12-28-46(48)57)52-36-39-35-51(58-43-25-9-7-23-41(43)55(38-20-3-2-4-21-38)42-24-8-10-26-44(42)58)62-60(49-31-15-17-33-53(49)64-62)56(39)61-50-32-16-18-34-54(50)65-63(52)61/h2-36H,1H3. The number of aryl methyl sites for hydroxylation is 1. The normalized spacial score (nSPS) is 12.1. The molecule has 14 aromatic rings. The second-order valence-corrected chi connectivity index (χ2v) is 19.5. The van der Waals surface area contributed by atoms with E-state index < -0.39 is 0 Å². The van der Waals surface area contributed by atoms with Crippen LogP contribution in [-0.4, -0.2) is 0 Å². The number of thiophene rings is 2. The molecule has 0 aliphatic carbocycles. The van der Waals surface area contributed by atoms with Crippen molar-refractivity contribution in [2.75, 3.05) is 0 Å². The molecule has 0 bridgehead atoms. The molecule has 0 atom stereocenters. The Morgan fingerprint density at radius 2 is 0.615 bits per heavy atom. The molecule has 0 aliphatic rings. The van der Waals surface area contributed by atoms with Crippen molar-refractivity contribution in [3.05, 3.63) is 218 Å². The Morgan fingerprint density at radius 1 is 0.277 bits per heavy atom. The van der Waals surface area contributed by atoms with E-state index in [1.165, 1.54) is 144 Å². The fourth-order valence-corrected chi connectivity index (χ4v) is 13.7. The molecule has 0 aliphatic heterocycles. The van der Waals surface area contributed by atoms with Gasteiger partial charge in [0.05, 0.1) is 0 Å². The molecule has 0 saturated carbocycles. The monoisotopic (exact) mass is 858 g/mol. The Kier molecular flexibility index (Phi) is 8.04. The third-order valence-corrected chi connectivity index (χ3v) is 16.4. The quantitative estimate of drug-likeness (QED) is 0.155. The summed E-state index contributed by atoms with van der Waals surface area (Å²) in [5.74, 6) is 0. The number of hydrogen-bond donors (Lipinski definition) is 0. The number of benzene rings is 12. The highest BCUT2D eigenvalue weighted by molar-refractivity contribution is 7.27. The molecule has 302 valence electrons. The predicted molar refractivity (Wildman–Crippen MR) is 286 cm³/mol. The van der Waals surface area contributed by atoms with Gasteiger partial charge < -0.3 is 0 Å². The van der Waals surface area contributed by atoms with Crippen LogP contribution in [0, 0.1) is 6.92 Å². The highest BCUT2D eigenvalue weighted by Crippen LogP contribution is 2.55. The van der Waals surface area contributed by atoms with Crippen LogP contribution in [0.4, 0.5) is 0 Å². The van der Waals surface area contributed by atoms with E-state index in [0.29, 0.717) is 0 Å². The summed E-state index contributed by atoms with van der Waals surface area (Å²) in [7, 11) is 0. The van der Waals surface area contributed by atoms with Gasteiger partial charge in [0.25, 0.3) is 0 Å². The lowest BCUT2D eigenvalue weighted by Crippen LogP contribution is -1.93. The minimum Gasteiger partial charge on any atom is -0.135 e. The van der Waals surface area contributed by atoms with E-state index in [4.69, 9.17) is 0 Å². The van der Waals surface area contributed by atoms with Crippen LogP contribution in [0.1, 0.15) is 5.56 Å². The highest BCUT2D eigenvalue weighted by atomic mass is 32.1. The molecule has 0 saturated heterocycles. The van der Waals surface area contributed by atoms with Crippen LogP contribution in [0.25, 0.3) is 139 Å². The molecule has 0 amide bonds. The fraction of sp³-hybridized carbons (Fsp3) is 0.0159. The number of fused-ring (bicyclic) bond motifs is 13. The predicted octanol–water partition coefficient (Wildman–Crippen LogP) is 19.2. The fourth-order valence-electron chi connectivity index (χ4n) is 11.3. The van der Waals surface area contributed by atoms with Gasteiger partial charge in [-0.3, -0.25) is 0 Å². The van der Waals surface area contributed by atoms with E-state index in [0.717, 1.165) is 0 Å². The van der Waals surface area contributed by atoms with Crippen LogP contribution in [-0.2, 0) is 0 Å². The Morgan fingerprint density at radius 3 is 1.05 bits per heavy atom. The van der Waals surface area contributed by atoms with Crippen molar-refractivity contribution in [3.63, 3.8) is 0 Å². The summed E-state index contributed by atoms with van der Waals surface area (Å²) in [6, 6.07) is 79.5. The van der Waals surface area contributed by atoms with Crippen molar-refractivity contribution in [2.24, 2.45) is 0 Å². The van der Waals surface area contributed by atoms with Gasteiger partial charge in [0, 0.05) is 56.9 Å². The van der Waals surface area contributed by atoms with Gasteiger partial charge in [0.15, 0.2) is 0 Å². The third-order valence-electron chi connectivity index (χ3n) is 13.9. The Labute approximate surface area is 383 Å². The second-order valence-electron chi connectivity index (χ2n) is 17.4. The van der Waals surface area contributed by atoms with E-state index in [-0.39, 0.29) is 0 Å². The second kappa shape index (κ2) is 14.2. The van der Waals surface area contributed by atoms with Gasteiger partial charge in [0.2, 0.25) is 0 Å². The van der Waals surface area contributed by atoms with Gasteiger partial charge in [-0.25, -0.2) is 0 Å². The average Bonchev–Trinajstić information content (AvgIpc) is 3.95. The Hall–Kier alpha value is -7.62. The van der Waals surface area contributed by atoms with Gasteiger partial charge in [-0.15, -0.1) is 22.7 Å². The third kappa shape index (κ3) is 5.30. The molecule has 2 heteroatoms. The maximum absolute atomic E-state index is 2.56. The van der Waals surface area contributed by atoms with Crippen LogP contribution in [0.3, 0.4) is 0 Å². The molecule has 65 heavy (non-hydrogen) atoms. The first-order valence-corrected chi connectivity index (χ1v) is 24.1. The van der Waals surface area contributed by atoms with Crippen LogP contribution in [0.5, 0.6) is 0 Å². The van der Waals surface area contributed by atoms with Crippen LogP contribution in [0.2, 0.25) is 0 Å². The maximum atomic E-state index is 2.56. The van der Waals surface area contributed by atoms with Gasteiger partial charge in [-0.05, 0) is 119 Å². The zero-order valence-electron chi connectivity index (χ0n) is 35.5. The van der Waals surface area contributed by atoms with Crippen molar-refractivity contribution in [1.29, 1.82) is 0 Å². The molecule has 14 rings (SSSR count). The van der Waals surface area contributed by atoms with Crippen molar-refractivity contribution < 1.29 is 0 Å². The Balaban J connectivity index is 1.20. The number of rotatable bonds is 4. The zero-order valence-corrected chi connectivity index (χ0v) is 37.2. The number of hydrogen-bond acceptors (Lipinski definition) is 2. The SMILES string of the molecule is Cc1ccccc1-c1c2ccccc2c(-c2cc3cc(-c4c5ccccc5c(-c5ccccc5)c5ccccc45)c4sc5ccccc5c4c3c3c2sc2ccccc23)c2ccccc12. The lowest BCUT2D eigenvalue weighted by molar-refractivity contribution is 1.47.